The van der Waals surface area contributed by atoms with Gasteiger partial charge in [0.1, 0.15) is 0 Å². The van der Waals surface area contributed by atoms with Crippen molar-refractivity contribution in [2.24, 2.45) is 0 Å². The fourth-order valence-corrected chi connectivity index (χ4v) is 3.58. The fraction of sp³-hybridized carbons (Fsp3) is 0.235. The molecular formula is C17H20N4Si. The van der Waals surface area contributed by atoms with Crippen LogP contribution in [0.1, 0.15) is 5.56 Å². The number of aromatic nitrogens is 4. The van der Waals surface area contributed by atoms with Gasteiger partial charge in [-0.05, 0) is 42.9 Å². The van der Waals surface area contributed by atoms with Crippen LogP contribution in [0.2, 0.25) is 19.6 Å². The van der Waals surface area contributed by atoms with Gasteiger partial charge in [0.05, 0.1) is 0 Å². The van der Waals surface area contributed by atoms with Crippen molar-refractivity contribution >= 4 is 8.24 Å². The summed E-state index contributed by atoms with van der Waals surface area (Å²) in [6.45, 7) is 8.81. The quantitative estimate of drug-likeness (QED) is 0.687. The van der Waals surface area contributed by atoms with E-state index in [-0.39, 0.29) is 0 Å². The van der Waals surface area contributed by atoms with Gasteiger partial charge in [-0.3, -0.25) is 4.35 Å². The molecule has 4 nitrogen and oxygen atoms in total. The number of nitrogens with zero attached hydrogens (tertiary/aromatic N) is 4. The highest BCUT2D eigenvalue weighted by Crippen LogP contribution is 2.31. The molecule has 0 fully saturated rings. The van der Waals surface area contributed by atoms with Crippen LogP contribution in [-0.4, -0.2) is 28.1 Å². The molecule has 0 radical (unpaired) electrons. The molecule has 1 heterocycles. The standard InChI is InChI=1S/C17H20N4Si/c1-13-9-11-14(12-10-13)15-7-5-6-8-16(15)17-18-19-20-21(17)22(2,3)4/h5-12H,1-4H3. The summed E-state index contributed by atoms with van der Waals surface area (Å²) in [6.07, 6.45) is 0. The highest BCUT2D eigenvalue weighted by atomic mass is 28.3. The molecule has 22 heavy (non-hydrogen) atoms. The molecular weight excluding hydrogens is 288 g/mol. The Bertz CT molecular complexity index is 785. The van der Waals surface area contributed by atoms with E-state index in [2.05, 4.69) is 84.6 Å². The minimum Gasteiger partial charge on any atom is -0.258 e. The van der Waals surface area contributed by atoms with E-state index >= 15 is 0 Å². The normalized spacial score (nSPS) is 11.6. The minimum absolute atomic E-state index is 0.857. The molecule has 0 spiro atoms. The lowest BCUT2D eigenvalue weighted by Crippen LogP contribution is -2.34. The summed E-state index contributed by atoms with van der Waals surface area (Å²) in [5, 5.41) is 12.4. The van der Waals surface area contributed by atoms with Crippen LogP contribution in [-0.2, 0) is 0 Å². The van der Waals surface area contributed by atoms with Crippen LogP contribution >= 0.6 is 0 Å². The molecule has 0 N–H and O–H groups in total. The topological polar surface area (TPSA) is 43.6 Å². The summed E-state index contributed by atoms with van der Waals surface area (Å²) in [6, 6.07) is 16.9. The highest BCUT2D eigenvalue weighted by molar-refractivity contribution is 6.74. The van der Waals surface area contributed by atoms with Crippen LogP contribution in [0.15, 0.2) is 48.5 Å². The smallest absolute Gasteiger partial charge is 0.181 e. The summed E-state index contributed by atoms with van der Waals surface area (Å²) in [5.74, 6) is 0.857. The zero-order valence-electron chi connectivity index (χ0n) is 13.4. The maximum atomic E-state index is 4.29. The molecule has 2 aromatic carbocycles. The van der Waals surface area contributed by atoms with Crippen molar-refractivity contribution < 1.29 is 0 Å². The maximum Gasteiger partial charge on any atom is 0.181 e. The first kappa shape index (κ1) is 14.7. The molecule has 0 aliphatic heterocycles. The molecule has 0 saturated carbocycles. The van der Waals surface area contributed by atoms with Crippen LogP contribution < -0.4 is 0 Å². The third kappa shape index (κ3) is 2.72. The third-order valence-corrected chi connectivity index (χ3v) is 5.21. The lowest BCUT2D eigenvalue weighted by atomic mass is 9.98. The number of benzene rings is 2. The Morgan fingerprint density at radius 2 is 1.50 bits per heavy atom. The maximum absolute atomic E-state index is 4.29. The Morgan fingerprint density at radius 3 is 2.14 bits per heavy atom. The molecule has 0 bridgehead atoms. The number of tetrazole rings is 1. The van der Waals surface area contributed by atoms with E-state index in [1.165, 1.54) is 11.1 Å². The molecule has 3 rings (SSSR count). The molecule has 3 aromatic rings. The molecule has 1 aromatic heterocycles. The van der Waals surface area contributed by atoms with Crippen molar-refractivity contribution in [1.82, 2.24) is 19.9 Å². The molecule has 0 amide bonds. The summed E-state index contributed by atoms with van der Waals surface area (Å²) < 4.78 is 2.01. The largest absolute Gasteiger partial charge is 0.258 e. The van der Waals surface area contributed by atoms with Gasteiger partial charge in [-0.25, -0.2) is 0 Å². The Balaban J connectivity index is 2.18. The van der Waals surface area contributed by atoms with Crippen molar-refractivity contribution in [2.75, 3.05) is 0 Å². The second-order valence-corrected chi connectivity index (χ2v) is 11.3. The van der Waals surface area contributed by atoms with Gasteiger partial charge in [-0.15, -0.1) is 5.10 Å². The van der Waals surface area contributed by atoms with E-state index in [1.54, 1.807) is 0 Å². The van der Waals surface area contributed by atoms with E-state index < -0.39 is 8.24 Å². The first-order valence-electron chi connectivity index (χ1n) is 7.42. The second kappa shape index (κ2) is 5.49. The Morgan fingerprint density at radius 1 is 0.864 bits per heavy atom. The van der Waals surface area contributed by atoms with Gasteiger partial charge in [-0.2, -0.15) is 0 Å². The van der Waals surface area contributed by atoms with E-state index in [9.17, 15) is 0 Å². The predicted molar refractivity (Wildman–Crippen MR) is 92.2 cm³/mol. The average molecular weight is 308 g/mol. The molecule has 0 aliphatic carbocycles. The zero-order chi connectivity index (χ0) is 15.7. The van der Waals surface area contributed by atoms with Crippen molar-refractivity contribution in [3.05, 3.63) is 54.1 Å². The third-order valence-electron chi connectivity index (χ3n) is 3.64. The predicted octanol–water partition coefficient (Wildman–Crippen LogP) is 4.00. The Kier molecular flexibility index (Phi) is 3.66. The summed E-state index contributed by atoms with van der Waals surface area (Å²) in [5.41, 5.74) is 4.69. The van der Waals surface area contributed by atoms with Gasteiger partial charge in [-0.1, -0.05) is 59.3 Å². The molecule has 0 aliphatic rings. The van der Waals surface area contributed by atoms with Crippen molar-refractivity contribution in [3.8, 4) is 22.5 Å². The highest BCUT2D eigenvalue weighted by Gasteiger charge is 2.24. The minimum atomic E-state index is -1.66. The first-order valence-corrected chi connectivity index (χ1v) is 10.9. The summed E-state index contributed by atoms with van der Waals surface area (Å²) in [4.78, 5) is 0. The van der Waals surface area contributed by atoms with E-state index in [4.69, 9.17) is 0 Å². The summed E-state index contributed by atoms with van der Waals surface area (Å²) in [7, 11) is -1.66. The SMILES string of the molecule is Cc1ccc(-c2ccccc2-c2nnnn2[Si](C)(C)C)cc1. The number of aryl methyl sites for hydroxylation is 1. The van der Waals surface area contributed by atoms with Gasteiger partial charge in [0.15, 0.2) is 14.1 Å². The van der Waals surface area contributed by atoms with Crippen LogP contribution in [0.4, 0.5) is 0 Å². The monoisotopic (exact) mass is 308 g/mol. The number of hydrogen-bond acceptors (Lipinski definition) is 3. The van der Waals surface area contributed by atoms with Crippen molar-refractivity contribution in [2.45, 2.75) is 26.6 Å². The van der Waals surface area contributed by atoms with E-state index in [1.807, 2.05) is 10.4 Å². The zero-order valence-corrected chi connectivity index (χ0v) is 14.4. The van der Waals surface area contributed by atoms with Crippen LogP contribution in [0.3, 0.4) is 0 Å². The first-order chi connectivity index (χ1) is 10.5. The van der Waals surface area contributed by atoms with E-state index in [0.717, 1.165) is 17.0 Å². The van der Waals surface area contributed by atoms with Gasteiger partial charge < -0.3 is 0 Å². The average Bonchev–Trinajstić information content (AvgIpc) is 2.97. The molecule has 0 saturated heterocycles. The van der Waals surface area contributed by atoms with Crippen molar-refractivity contribution in [3.63, 3.8) is 0 Å². The summed E-state index contributed by atoms with van der Waals surface area (Å²) >= 11 is 0. The van der Waals surface area contributed by atoms with E-state index in [0.29, 0.717) is 0 Å². The lowest BCUT2D eigenvalue weighted by Gasteiger charge is -2.18. The number of hydrogen-bond donors (Lipinski definition) is 0. The fourth-order valence-electron chi connectivity index (χ4n) is 2.47. The van der Waals surface area contributed by atoms with Gasteiger partial charge in [0.2, 0.25) is 0 Å². The molecule has 5 heteroatoms. The van der Waals surface area contributed by atoms with Crippen LogP contribution in [0.5, 0.6) is 0 Å². The molecule has 112 valence electrons. The van der Waals surface area contributed by atoms with Crippen LogP contribution in [0.25, 0.3) is 22.5 Å². The molecule has 0 unspecified atom stereocenters. The van der Waals surface area contributed by atoms with Crippen LogP contribution in [0, 0.1) is 6.92 Å². The molecule has 0 atom stereocenters. The number of rotatable bonds is 3. The van der Waals surface area contributed by atoms with Gasteiger partial charge >= 0.3 is 0 Å². The lowest BCUT2D eigenvalue weighted by molar-refractivity contribution is 0.821. The van der Waals surface area contributed by atoms with Crippen molar-refractivity contribution in [1.29, 1.82) is 0 Å². The van der Waals surface area contributed by atoms with Gasteiger partial charge in [0, 0.05) is 5.56 Å². The van der Waals surface area contributed by atoms with Gasteiger partial charge in [0.25, 0.3) is 0 Å². The Hall–Kier alpha value is -2.27. The Labute approximate surface area is 131 Å². The second-order valence-electron chi connectivity index (χ2n) is 6.50.